The summed E-state index contributed by atoms with van der Waals surface area (Å²) in [5, 5.41) is 0. The average molecular weight is 312 g/mol. The van der Waals surface area contributed by atoms with Gasteiger partial charge in [-0.25, -0.2) is 20.3 Å². The topological polar surface area (TPSA) is 76.6 Å². The van der Waals surface area contributed by atoms with Crippen molar-refractivity contribution < 1.29 is 18.7 Å². The number of ether oxygens (including phenoxy) is 2. The zero-order valence-corrected chi connectivity index (χ0v) is 13.2. The maximum Gasteiger partial charge on any atom is 0.410 e. The third-order valence-corrected chi connectivity index (χ3v) is 3.05. The number of hydrogen-bond acceptors (Lipinski definition) is 6. The second-order valence-corrected chi connectivity index (χ2v) is 6.29. The molecule has 0 aromatic carbocycles. The first kappa shape index (κ1) is 16.3. The minimum absolute atomic E-state index is 0.0100. The molecule has 22 heavy (non-hydrogen) atoms. The van der Waals surface area contributed by atoms with E-state index in [0.29, 0.717) is 25.5 Å². The smallest absolute Gasteiger partial charge is 0.410 e. The Morgan fingerprint density at radius 2 is 2.18 bits per heavy atom. The number of carbonyl (C=O) groups is 1. The molecule has 2 heterocycles. The summed E-state index contributed by atoms with van der Waals surface area (Å²) < 4.78 is 23.4. The van der Waals surface area contributed by atoms with E-state index in [1.54, 1.807) is 11.8 Å². The van der Waals surface area contributed by atoms with E-state index in [0.717, 1.165) is 0 Å². The van der Waals surface area contributed by atoms with Gasteiger partial charge in [0.2, 0.25) is 0 Å². The van der Waals surface area contributed by atoms with Crippen LogP contribution in [0.3, 0.4) is 0 Å². The monoisotopic (exact) mass is 312 g/mol. The minimum atomic E-state index is -0.500. The summed E-state index contributed by atoms with van der Waals surface area (Å²) in [6, 6.07) is 0. The zero-order valence-electron chi connectivity index (χ0n) is 13.2. The standard InChI is InChI=1S/C14H21FN4O3/c1-9-16-5-11(12(17-9)18-15)21-8-10-6-19(7-10)13(20)22-14(2,3)4/h5,10H,6-8H2,1-4H3,(H,16,17,18). The molecular formula is C14H21FN4O3. The maximum absolute atomic E-state index is 12.6. The van der Waals surface area contributed by atoms with Crippen molar-refractivity contribution in [2.45, 2.75) is 33.3 Å². The third-order valence-electron chi connectivity index (χ3n) is 3.05. The molecule has 0 aliphatic carbocycles. The Hall–Kier alpha value is -2.12. The normalized spacial score (nSPS) is 15.2. The molecule has 0 unspecified atom stereocenters. The predicted octanol–water partition coefficient (Wildman–Crippen LogP) is 2.33. The highest BCUT2D eigenvalue weighted by molar-refractivity contribution is 5.69. The zero-order chi connectivity index (χ0) is 16.3. The summed E-state index contributed by atoms with van der Waals surface area (Å²) in [6.45, 7) is 8.62. The molecule has 1 amide bonds. The average Bonchev–Trinajstić information content (AvgIpc) is 2.36. The fraction of sp³-hybridized carbons (Fsp3) is 0.643. The molecule has 1 aromatic heterocycles. The van der Waals surface area contributed by atoms with E-state index in [9.17, 15) is 9.28 Å². The molecule has 1 saturated heterocycles. The van der Waals surface area contributed by atoms with E-state index in [4.69, 9.17) is 9.47 Å². The van der Waals surface area contributed by atoms with E-state index in [2.05, 4.69) is 9.97 Å². The van der Waals surface area contributed by atoms with Crippen LogP contribution in [0, 0.1) is 12.8 Å². The van der Waals surface area contributed by atoms with Gasteiger partial charge in [0.05, 0.1) is 12.8 Å². The van der Waals surface area contributed by atoms with Crippen molar-refractivity contribution >= 4 is 11.9 Å². The molecule has 1 aliphatic rings. The first-order chi connectivity index (χ1) is 10.3. The maximum atomic E-state index is 12.6. The largest absolute Gasteiger partial charge is 0.488 e. The summed E-state index contributed by atoms with van der Waals surface area (Å²) in [6.07, 6.45) is 1.10. The molecule has 122 valence electrons. The third kappa shape index (κ3) is 4.19. The SMILES string of the molecule is Cc1ncc(OCC2CN(C(=O)OC(C)(C)C)C2)c(NF)n1. The number of anilines is 1. The van der Waals surface area contributed by atoms with Crippen molar-refractivity contribution in [3.8, 4) is 5.75 Å². The molecular weight excluding hydrogens is 291 g/mol. The molecule has 8 heteroatoms. The van der Waals surface area contributed by atoms with Crippen molar-refractivity contribution in [3.05, 3.63) is 12.0 Å². The molecule has 1 aromatic rings. The lowest BCUT2D eigenvalue weighted by molar-refractivity contribution is -0.00783. The second-order valence-electron chi connectivity index (χ2n) is 6.29. The number of nitrogens with one attached hydrogen (secondary N) is 1. The number of halogens is 1. The second kappa shape index (κ2) is 6.33. The van der Waals surface area contributed by atoms with Gasteiger partial charge in [0.15, 0.2) is 11.6 Å². The Morgan fingerprint density at radius 3 is 2.77 bits per heavy atom. The van der Waals surface area contributed by atoms with E-state index in [-0.39, 0.29) is 23.6 Å². The summed E-state index contributed by atoms with van der Waals surface area (Å²) in [7, 11) is 0. The van der Waals surface area contributed by atoms with Crippen LogP contribution in [-0.2, 0) is 4.74 Å². The van der Waals surface area contributed by atoms with Crippen LogP contribution >= 0.6 is 0 Å². The van der Waals surface area contributed by atoms with Crippen LogP contribution in [0.5, 0.6) is 5.75 Å². The van der Waals surface area contributed by atoms with Gasteiger partial charge in [-0.05, 0) is 27.7 Å². The highest BCUT2D eigenvalue weighted by Crippen LogP contribution is 2.24. The van der Waals surface area contributed by atoms with Crippen molar-refractivity contribution in [1.29, 1.82) is 0 Å². The lowest BCUT2D eigenvalue weighted by Crippen LogP contribution is -2.53. The van der Waals surface area contributed by atoms with Crippen LogP contribution in [0.4, 0.5) is 15.1 Å². The van der Waals surface area contributed by atoms with Gasteiger partial charge in [-0.2, -0.15) is 0 Å². The fourth-order valence-electron chi connectivity index (χ4n) is 1.99. The summed E-state index contributed by atoms with van der Waals surface area (Å²) in [5.41, 5.74) is 0.988. The Labute approximate surface area is 128 Å². The first-order valence-electron chi connectivity index (χ1n) is 7.09. The molecule has 0 atom stereocenters. The first-order valence-corrected chi connectivity index (χ1v) is 7.09. The number of rotatable bonds is 4. The lowest BCUT2D eigenvalue weighted by Gasteiger charge is -2.39. The van der Waals surface area contributed by atoms with Crippen molar-refractivity contribution in [3.63, 3.8) is 0 Å². The number of hydrogen-bond donors (Lipinski definition) is 1. The summed E-state index contributed by atoms with van der Waals surface area (Å²) in [5.74, 6) is 0.896. The fourth-order valence-corrected chi connectivity index (χ4v) is 1.99. The Balaban J connectivity index is 1.78. The number of amides is 1. The van der Waals surface area contributed by atoms with Crippen molar-refractivity contribution in [2.24, 2.45) is 5.92 Å². The Kier molecular flexibility index (Phi) is 4.68. The highest BCUT2D eigenvalue weighted by atomic mass is 19.2. The number of aromatic nitrogens is 2. The highest BCUT2D eigenvalue weighted by Gasteiger charge is 2.34. The molecule has 1 N–H and O–H groups in total. The van der Waals surface area contributed by atoms with Gasteiger partial charge in [-0.3, -0.25) is 0 Å². The summed E-state index contributed by atoms with van der Waals surface area (Å²) >= 11 is 0. The molecule has 7 nitrogen and oxygen atoms in total. The minimum Gasteiger partial charge on any atom is -0.488 e. The lowest BCUT2D eigenvalue weighted by atomic mass is 10.0. The van der Waals surface area contributed by atoms with Gasteiger partial charge < -0.3 is 14.4 Å². The number of aryl methyl sites for hydroxylation is 1. The predicted molar refractivity (Wildman–Crippen MR) is 78.3 cm³/mol. The van der Waals surface area contributed by atoms with Gasteiger partial charge in [-0.1, -0.05) is 0 Å². The Bertz CT molecular complexity index is 541. The molecule has 0 saturated carbocycles. The number of likely N-dealkylation sites (tertiary alicyclic amines) is 1. The quantitative estimate of drug-likeness (QED) is 0.860. The van der Waals surface area contributed by atoms with Gasteiger partial charge in [0, 0.05) is 19.0 Å². The van der Waals surface area contributed by atoms with Crippen LogP contribution in [0.15, 0.2) is 6.20 Å². The van der Waals surface area contributed by atoms with E-state index in [1.807, 2.05) is 20.8 Å². The Morgan fingerprint density at radius 1 is 1.50 bits per heavy atom. The van der Waals surface area contributed by atoms with Gasteiger partial charge >= 0.3 is 6.09 Å². The number of nitrogens with zero attached hydrogens (tertiary/aromatic N) is 3. The number of carbonyl (C=O) groups excluding carboxylic acids is 1. The van der Waals surface area contributed by atoms with Gasteiger partial charge in [-0.15, -0.1) is 4.48 Å². The van der Waals surface area contributed by atoms with Crippen LogP contribution < -0.4 is 10.3 Å². The molecule has 1 fully saturated rings. The summed E-state index contributed by atoms with van der Waals surface area (Å²) in [4.78, 5) is 21.2. The molecule has 2 rings (SSSR count). The molecule has 0 bridgehead atoms. The van der Waals surface area contributed by atoms with E-state index < -0.39 is 5.60 Å². The van der Waals surface area contributed by atoms with Crippen LogP contribution in [0.1, 0.15) is 26.6 Å². The molecule has 0 radical (unpaired) electrons. The van der Waals surface area contributed by atoms with E-state index >= 15 is 0 Å². The van der Waals surface area contributed by atoms with Crippen molar-refractivity contribution in [1.82, 2.24) is 14.9 Å². The van der Waals surface area contributed by atoms with Crippen LogP contribution in [0.2, 0.25) is 0 Å². The van der Waals surface area contributed by atoms with Gasteiger partial charge in [0.25, 0.3) is 0 Å². The van der Waals surface area contributed by atoms with Gasteiger partial charge in [0.1, 0.15) is 11.4 Å². The van der Waals surface area contributed by atoms with Crippen molar-refractivity contribution in [2.75, 3.05) is 25.2 Å². The van der Waals surface area contributed by atoms with E-state index in [1.165, 1.54) is 11.7 Å². The van der Waals surface area contributed by atoms with Crippen LogP contribution in [0.25, 0.3) is 0 Å². The molecule has 0 spiro atoms. The molecule has 1 aliphatic heterocycles. The van der Waals surface area contributed by atoms with Crippen LogP contribution in [-0.4, -0.2) is 46.3 Å².